The Balaban J connectivity index is 1.57. The average molecular weight is 227 g/mol. The summed E-state index contributed by atoms with van der Waals surface area (Å²) in [5, 5.41) is 3.13. The molecule has 2 fully saturated rings. The Morgan fingerprint density at radius 1 is 1.38 bits per heavy atom. The molecular formula is C12H21NO3. The van der Waals surface area contributed by atoms with E-state index in [1.54, 1.807) is 0 Å². The molecule has 0 spiro atoms. The van der Waals surface area contributed by atoms with E-state index in [9.17, 15) is 4.79 Å². The van der Waals surface area contributed by atoms with E-state index < -0.39 is 0 Å². The number of rotatable bonds is 5. The molecule has 4 nitrogen and oxygen atoms in total. The Labute approximate surface area is 96.7 Å². The maximum Gasteiger partial charge on any atom is 0.332 e. The molecule has 0 aromatic heterocycles. The van der Waals surface area contributed by atoms with Gasteiger partial charge in [-0.3, -0.25) is 0 Å². The Hall–Kier alpha value is -0.610. The third kappa shape index (κ3) is 3.19. The summed E-state index contributed by atoms with van der Waals surface area (Å²) in [6.07, 6.45) is 4.97. The Morgan fingerprint density at radius 2 is 2.06 bits per heavy atom. The smallest absolute Gasteiger partial charge is 0.332 e. The minimum absolute atomic E-state index is 0.0882. The number of carbonyl (C=O) groups excluding carboxylic acids is 1. The quantitative estimate of drug-likeness (QED) is 0.714. The lowest BCUT2D eigenvalue weighted by molar-refractivity contribution is -0.159. The monoisotopic (exact) mass is 227 g/mol. The van der Waals surface area contributed by atoms with E-state index in [4.69, 9.17) is 9.47 Å². The largest absolute Gasteiger partial charge is 0.464 e. The molecule has 0 aromatic rings. The second-order valence-corrected chi connectivity index (χ2v) is 5.18. The van der Waals surface area contributed by atoms with Crippen LogP contribution in [0.1, 0.15) is 32.6 Å². The highest BCUT2D eigenvalue weighted by atomic mass is 16.6. The molecule has 2 aliphatic rings. The molecule has 1 saturated carbocycles. The summed E-state index contributed by atoms with van der Waals surface area (Å²) in [7, 11) is 0. The average Bonchev–Trinajstić information content (AvgIpc) is 2.73. The fourth-order valence-corrected chi connectivity index (χ4v) is 2.24. The van der Waals surface area contributed by atoms with Crippen LogP contribution in [0.25, 0.3) is 0 Å². The predicted molar refractivity (Wildman–Crippen MR) is 60.1 cm³/mol. The Bertz CT molecular complexity index is 245. The van der Waals surface area contributed by atoms with Gasteiger partial charge in [0.1, 0.15) is 6.61 Å². The standard InChI is InChI=1S/C12H21NO3/c1-12(8-13-9-12)16-7-11(14)15-6-10-4-2-3-5-10/h10,13H,2-9H2,1H3. The van der Waals surface area contributed by atoms with Crippen LogP contribution in [0.3, 0.4) is 0 Å². The molecule has 1 aliphatic heterocycles. The molecule has 0 radical (unpaired) electrons. The zero-order valence-electron chi connectivity index (χ0n) is 9.96. The summed E-state index contributed by atoms with van der Waals surface area (Å²) in [4.78, 5) is 11.4. The van der Waals surface area contributed by atoms with E-state index in [1.807, 2.05) is 6.92 Å². The first-order valence-electron chi connectivity index (χ1n) is 6.18. The molecule has 1 N–H and O–H groups in total. The summed E-state index contributed by atoms with van der Waals surface area (Å²) in [5.74, 6) is 0.366. The minimum atomic E-state index is -0.222. The van der Waals surface area contributed by atoms with Crippen LogP contribution in [-0.2, 0) is 14.3 Å². The van der Waals surface area contributed by atoms with Crippen molar-refractivity contribution in [3.05, 3.63) is 0 Å². The van der Waals surface area contributed by atoms with Crippen molar-refractivity contribution >= 4 is 5.97 Å². The third-order valence-corrected chi connectivity index (χ3v) is 3.49. The van der Waals surface area contributed by atoms with Gasteiger partial charge in [-0.25, -0.2) is 4.79 Å². The van der Waals surface area contributed by atoms with Gasteiger partial charge in [-0.15, -0.1) is 0 Å². The summed E-state index contributed by atoms with van der Waals surface area (Å²) in [5.41, 5.74) is -0.160. The number of carbonyl (C=O) groups is 1. The van der Waals surface area contributed by atoms with Crippen LogP contribution in [0.15, 0.2) is 0 Å². The van der Waals surface area contributed by atoms with Crippen LogP contribution in [0.5, 0.6) is 0 Å². The zero-order chi connectivity index (χ0) is 11.4. The van der Waals surface area contributed by atoms with Crippen LogP contribution in [0.2, 0.25) is 0 Å². The van der Waals surface area contributed by atoms with Crippen molar-refractivity contribution in [1.82, 2.24) is 5.32 Å². The van der Waals surface area contributed by atoms with Crippen LogP contribution >= 0.6 is 0 Å². The molecule has 0 bridgehead atoms. The number of esters is 1. The van der Waals surface area contributed by atoms with Gasteiger partial charge in [0.05, 0.1) is 12.2 Å². The summed E-state index contributed by atoms with van der Waals surface area (Å²) in [6.45, 7) is 4.32. The van der Waals surface area contributed by atoms with Gasteiger partial charge < -0.3 is 14.8 Å². The first-order chi connectivity index (χ1) is 7.68. The molecular weight excluding hydrogens is 206 g/mol. The zero-order valence-corrected chi connectivity index (χ0v) is 9.96. The normalized spacial score (nSPS) is 24.1. The van der Waals surface area contributed by atoms with Gasteiger partial charge >= 0.3 is 5.97 Å². The number of hydrogen-bond donors (Lipinski definition) is 1. The lowest BCUT2D eigenvalue weighted by atomic mass is 10.0. The van der Waals surface area contributed by atoms with Crippen molar-refractivity contribution in [2.75, 3.05) is 26.3 Å². The van der Waals surface area contributed by atoms with Gasteiger partial charge in [0, 0.05) is 13.1 Å². The van der Waals surface area contributed by atoms with Gasteiger partial charge in [-0.1, -0.05) is 12.8 Å². The lowest BCUT2D eigenvalue weighted by Crippen LogP contribution is -2.59. The molecule has 1 saturated heterocycles. The number of ether oxygens (including phenoxy) is 2. The first-order valence-corrected chi connectivity index (χ1v) is 6.18. The van der Waals surface area contributed by atoms with Crippen molar-refractivity contribution in [3.8, 4) is 0 Å². The maximum atomic E-state index is 11.4. The minimum Gasteiger partial charge on any atom is -0.464 e. The molecule has 1 aliphatic carbocycles. The molecule has 0 unspecified atom stereocenters. The highest BCUT2D eigenvalue weighted by Crippen LogP contribution is 2.24. The van der Waals surface area contributed by atoms with Crippen LogP contribution < -0.4 is 5.32 Å². The van der Waals surface area contributed by atoms with Crippen LogP contribution in [0, 0.1) is 5.92 Å². The Kier molecular flexibility index (Phi) is 3.82. The molecule has 0 amide bonds. The molecule has 16 heavy (non-hydrogen) atoms. The lowest BCUT2D eigenvalue weighted by Gasteiger charge is -2.38. The second kappa shape index (κ2) is 5.15. The number of nitrogens with one attached hydrogen (secondary N) is 1. The first kappa shape index (κ1) is 11.9. The van der Waals surface area contributed by atoms with E-state index in [0.29, 0.717) is 12.5 Å². The van der Waals surface area contributed by atoms with Crippen molar-refractivity contribution in [1.29, 1.82) is 0 Å². The van der Waals surface area contributed by atoms with E-state index in [1.165, 1.54) is 25.7 Å². The SMILES string of the molecule is CC1(OCC(=O)OCC2CCCC2)CNC1. The van der Waals surface area contributed by atoms with E-state index >= 15 is 0 Å². The van der Waals surface area contributed by atoms with Crippen molar-refractivity contribution < 1.29 is 14.3 Å². The summed E-state index contributed by atoms with van der Waals surface area (Å²) in [6, 6.07) is 0. The van der Waals surface area contributed by atoms with Gasteiger partial charge in [-0.2, -0.15) is 0 Å². The van der Waals surface area contributed by atoms with Gasteiger partial charge in [0.25, 0.3) is 0 Å². The highest BCUT2D eigenvalue weighted by molar-refractivity contribution is 5.70. The summed E-state index contributed by atoms with van der Waals surface area (Å²) >= 11 is 0. The van der Waals surface area contributed by atoms with Gasteiger partial charge in [-0.05, 0) is 25.7 Å². The molecule has 2 rings (SSSR count). The van der Waals surface area contributed by atoms with Crippen molar-refractivity contribution in [3.63, 3.8) is 0 Å². The van der Waals surface area contributed by atoms with E-state index in [0.717, 1.165) is 13.1 Å². The van der Waals surface area contributed by atoms with Crippen molar-refractivity contribution in [2.24, 2.45) is 5.92 Å². The van der Waals surface area contributed by atoms with Crippen LogP contribution in [0.4, 0.5) is 0 Å². The second-order valence-electron chi connectivity index (χ2n) is 5.18. The topological polar surface area (TPSA) is 47.6 Å². The molecule has 1 heterocycles. The molecule has 0 aromatic carbocycles. The van der Waals surface area contributed by atoms with Gasteiger partial charge in [0.15, 0.2) is 0 Å². The van der Waals surface area contributed by atoms with E-state index in [2.05, 4.69) is 5.32 Å². The maximum absolute atomic E-state index is 11.4. The number of hydrogen-bond acceptors (Lipinski definition) is 4. The molecule has 0 atom stereocenters. The highest BCUT2D eigenvalue weighted by Gasteiger charge is 2.33. The van der Waals surface area contributed by atoms with Crippen molar-refractivity contribution in [2.45, 2.75) is 38.2 Å². The fraction of sp³-hybridized carbons (Fsp3) is 0.917. The van der Waals surface area contributed by atoms with Gasteiger partial charge in [0.2, 0.25) is 0 Å². The third-order valence-electron chi connectivity index (χ3n) is 3.49. The van der Waals surface area contributed by atoms with Crippen LogP contribution in [-0.4, -0.2) is 37.9 Å². The molecule has 92 valence electrons. The predicted octanol–water partition coefficient (Wildman–Crippen LogP) is 1.10. The fourth-order valence-electron chi connectivity index (χ4n) is 2.24. The Morgan fingerprint density at radius 3 is 2.62 bits per heavy atom. The summed E-state index contributed by atoms with van der Waals surface area (Å²) < 4.78 is 10.7. The molecule has 4 heteroatoms. The van der Waals surface area contributed by atoms with E-state index in [-0.39, 0.29) is 18.2 Å².